The van der Waals surface area contributed by atoms with Crippen molar-refractivity contribution < 1.29 is 33.5 Å². The van der Waals surface area contributed by atoms with Gasteiger partial charge in [-0.3, -0.25) is 19.2 Å². The molecule has 1 saturated heterocycles. The van der Waals surface area contributed by atoms with E-state index in [0.29, 0.717) is 19.3 Å². The van der Waals surface area contributed by atoms with Crippen LogP contribution in [-0.2, 0) is 23.9 Å². The quantitative estimate of drug-likeness (QED) is 0.0918. The molecule has 6 amide bonds. The smallest absolute Gasteiger partial charge is 0.407 e. The SMILES string of the molecule is C#CCCC(NC(=O)[C@@H]1[C@@H](C(C)C)CCN1C(=O)[C@@H](NC(=O)N[C@H](COC(=O)NC(C)C)C(C)(C)C)C1(C)CCCCC1)C(=O)C(=O)NCC=C. The molecule has 5 atom stereocenters. The van der Waals surface area contributed by atoms with Gasteiger partial charge in [0.15, 0.2) is 0 Å². The number of likely N-dealkylation sites (tertiary alicyclic amines) is 1. The second kappa shape index (κ2) is 19.5. The van der Waals surface area contributed by atoms with Crippen LogP contribution in [0.3, 0.4) is 0 Å². The first kappa shape index (κ1) is 43.1. The number of rotatable bonds is 16. The number of nitrogens with one attached hydrogen (secondary N) is 5. The van der Waals surface area contributed by atoms with E-state index in [9.17, 15) is 28.8 Å². The van der Waals surface area contributed by atoms with Crippen LogP contribution in [-0.4, -0.2) is 90.4 Å². The first-order valence-corrected chi connectivity index (χ1v) is 18.3. The molecule has 1 aliphatic carbocycles. The molecule has 2 fully saturated rings. The lowest BCUT2D eigenvalue weighted by molar-refractivity contribution is -0.145. The zero-order chi connectivity index (χ0) is 38.5. The van der Waals surface area contributed by atoms with Crippen molar-refractivity contribution in [2.45, 2.75) is 137 Å². The Morgan fingerprint density at radius 1 is 1.00 bits per heavy atom. The molecule has 13 nitrogen and oxygen atoms in total. The number of urea groups is 1. The summed E-state index contributed by atoms with van der Waals surface area (Å²) in [5.74, 6) is -0.393. The highest BCUT2D eigenvalue weighted by Gasteiger charge is 2.50. The molecule has 1 heterocycles. The molecule has 0 aromatic heterocycles. The van der Waals surface area contributed by atoms with Gasteiger partial charge in [-0.05, 0) is 62.2 Å². The summed E-state index contributed by atoms with van der Waals surface area (Å²) in [6.45, 7) is 19.1. The van der Waals surface area contributed by atoms with Crippen LogP contribution < -0.4 is 26.6 Å². The molecule has 1 unspecified atom stereocenters. The number of alkyl carbamates (subject to hydrolysis) is 1. The molecule has 1 saturated carbocycles. The number of nitrogens with zero attached hydrogens (tertiary/aromatic N) is 1. The summed E-state index contributed by atoms with van der Waals surface area (Å²) >= 11 is 0. The molecule has 0 radical (unpaired) electrons. The summed E-state index contributed by atoms with van der Waals surface area (Å²) in [5.41, 5.74) is -1.09. The Kier molecular flexibility index (Phi) is 16.5. The normalized spacial score (nSPS) is 20.3. The Hall–Kier alpha value is -4.08. The van der Waals surface area contributed by atoms with Crippen LogP contribution in [0, 0.1) is 35.0 Å². The Balaban J connectivity index is 2.41. The van der Waals surface area contributed by atoms with Crippen molar-refractivity contribution in [3.63, 3.8) is 0 Å². The van der Waals surface area contributed by atoms with Gasteiger partial charge in [0.25, 0.3) is 5.91 Å². The van der Waals surface area contributed by atoms with Crippen molar-refractivity contribution in [3.05, 3.63) is 12.7 Å². The minimum Gasteiger partial charge on any atom is -0.447 e. The molecular weight excluding hydrogens is 652 g/mol. The molecule has 2 rings (SSSR count). The predicted octanol–water partition coefficient (Wildman–Crippen LogP) is 3.82. The Morgan fingerprint density at radius 2 is 1.65 bits per heavy atom. The van der Waals surface area contributed by atoms with Gasteiger partial charge in [0, 0.05) is 25.6 Å². The number of ketones is 1. The van der Waals surface area contributed by atoms with Crippen molar-refractivity contribution in [1.29, 1.82) is 0 Å². The van der Waals surface area contributed by atoms with Crippen LogP contribution in [0.25, 0.3) is 0 Å². The number of Topliss-reactive ketones (excluding diaryl/α,β-unsaturated/α-hetero) is 1. The molecule has 286 valence electrons. The Bertz CT molecular complexity index is 1290. The van der Waals surface area contributed by atoms with Crippen molar-refractivity contribution in [3.8, 4) is 12.3 Å². The highest BCUT2D eigenvalue weighted by atomic mass is 16.5. The van der Waals surface area contributed by atoms with Crippen LogP contribution in [0.1, 0.15) is 107 Å². The maximum absolute atomic E-state index is 14.7. The van der Waals surface area contributed by atoms with Gasteiger partial charge in [0.1, 0.15) is 18.7 Å². The van der Waals surface area contributed by atoms with Crippen molar-refractivity contribution >= 4 is 35.6 Å². The number of hydrogen-bond acceptors (Lipinski definition) is 7. The summed E-state index contributed by atoms with van der Waals surface area (Å²) in [5, 5.41) is 13.8. The maximum atomic E-state index is 14.7. The van der Waals surface area contributed by atoms with E-state index in [-0.39, 0.29) is 56.3 Å². The van der Waals surface area contributed by atoms with E-state index >= 15 is 0 Å². The monoisotopic (exact) mass is 714 g/mol. The van der Waals surface area contributed by atoms with Gasteiger partial charge in [-0.15, -0.1) is 18.9 Å². The minimum atomic E-state index is -1.18. The average molecular weight is 715 g/mol. The Morgan fingerprint density at radius 3 is 2.20 bits per heavy atom. The Labute approximate surface area is 304 Å². The van der Waals surface area contributed by atoms with E-state index in [1.54, 1.807) is 0 Å². The fraction of sp³-hybridized carbons (Fsp3) is 0.737. The second-order valence-electron chi connectivity index (χ2n) is 15.9. The molecule has 2 aliphatic rings. The van der Waals surface area contributed by atoms with Crippen LogP contribution in [0.15, 0.2) is 12.7 Å². The van der Waals surface area contributed by atoms with E-state index in [0.717, 1.165) is 19.3 Å². The van der Waals surface area contributed by atoms with Crippen LogP contribution in [0.4, 0.5) is 9.59 Å². The molecule has 0 aromatic rings. The van der Waals surface area contributed by atoms with E-state index in [4.69, 9.17) is 11.2 Å². The van der Waals surface area contributed by atoms with Crippen molar-refractivity contribution in [2.24, 2.45) is 22.7 Å². The zero-order valence-corrected chi connectivity index (χ0v) is 32.0. The van der Waals surface area contributed by atoms with Gasteiger partial charge in [-0.25, -0.2) is 9.59 Å². The van der Waals surface area contributed by atoms with E-state index < -0.39 is 64.7 Å². The van der Waals surface area contributed by atoms with Gasteiger partial charge in [0.05, 0.1) is 12.1 Å². The third-order valence-corrected chi connectivity index (χ3v) is 10.0. The van der Waals surface area contributed by atoms with Gasteiger partial charge >= 0.3 is 12.1 Å². The number of ether oxygens (including phenoxy) is 1. The largest absolute Gasteiger partial charge is 0.447 e. The third-order valence-electron chi connectivity index (χ3n) is 10.0. The van der Waals surface area contributed by atoms with Crippen LogP contribution >= 0.6 is 0 Å². The fourth-order valence-electron chi connectivity index (χ4n) is 6.88. The van der Waals surface area contributed by atoms with Crippen molar-refractivity contribution in [2.75, 3.05) is 19.7 Å². The summed E-state index contributed by atoms with van der Waals surface area (Å²) in [7, 11) is 0. The highest BCUT2D eigenvalue weighted by Crippen LogP contribution is 2.41. The number of terminal acetylenes is 1. The standard InChI is InChI=1S/C38H62N6O7/c1-11-13-17-27(30(45)33(47)39-21-12-2)41-32(46)29-26(24(3)4)18-22-44(29)34(48)31(38(10)19-15-14-16-20-38)43-35(49)42-28(37(7,8)9)23-51-36(50)40-25(5)6/h1,12,24-29,31H,2,13-23H2,3-10H3,(H,39,47)(H,40,50)(H,41,46)(H2,42,43,49)/t26-,27?,28-,29+,31-/m1/s1. The second-order valence-corrected chi connectivity index (χ2v) is 15.9. The summed E-state index contributed by atoms with van der Waals surface area (Å²) in [4.78, 5) is 82.1. The molecule has 0 aromatic carbocycles. The van der Waals surface area contributed by atoms with Gasteiger partial charge in [0.2, 0.25) is 17.6 Å². The summed E-state index contributed by atoms with van der Waals surface area (Å²) < 4.78 is 5.42. The lowest BCUT2D eigenvalue weighted by atomic mass is 9.70. The van der Waals surface area contributed by atoms with Gasteiger partial charge in [-0.1, -0.05) is 66.9 Å². The average Bonchev–Trinajstić information content (AvgIpc) is 3.51. The molecule has 0 bridgehead atoms. The fourth-order valence-corrected chi connectivity index (χ4v) is 6.88. The van der Waals surface area contributed by atoms with E-state index in [1.807, 2.05) is 55.4 Å². The molecule has 51 heavy (non-hydrogen) atoms. The first-order chi connectivity index (χ1) is 23.9. The topological polar surface area (TPSA) is 175 Å². The number of amides is 6. The summed E-state index contributed by atoms with van der Waals surface area (Å²) in [6, 6.07) is -4.37. The lowest BCUT2D eigenvalue weighted by Crippen LogP contribution is -2.63. The molecule has 0 spiro atoms. The number of carbonyl (C=O) groups excluding carboxylic acids is 6. The molecule has 5 N–H and O–H groups in total. The molecule has 13 heteroatoms. The van der Waals surface area contributed by atoms with Crippen LogP contribution in [0.5, 0.6) is 0 Å². The lowest BCUT2D eigenvalue weighted by Gasteiger charge is -2.43. The van der Waals surface area contributed by atoms with E-state index in [1.165, 1.54) is 11.0 Å². The van der Waals surface area contributed by atoms with Crippen LogP contribution in [0.2, 0.25) is 0 Å². The minimum absolute atomic E-state index is 0.00900. The molecule has 1 aliphatic heterocycles. The van der Waals surface area contributed by atoms with Crippen molar-refractivity contribution in [1.82, 2.24) is 31.5 Å². The predicted molar refractivity (Wildman–Crippen MR) is 196 cm³/mol. The maximum Gasteiger partial charge on any atom is 0.407 e. The first-order valence-electron chi connectivity index (χ1n) is 18.3. The summed E-state index contributed by atoms with van der Waals surface area (Å²) in [6.07, 6.45) is 11.2. The number of carbonyl (C=O) groups is 6. The van der Waals surface area contributed by atoms with Gasteiger partial charge < -0.3 is 36.2 Å². The van der Waals surface area contributed by atoms with Gasteiger partial charge in [-0.2, -0.15) is 0 Å². The number of hydrogen-bond donors (Lipinski definition) is 5. The zero-order valence-electron chi connectivity index (χ0n) is 32.0. The molecular formula is C38H62N6O7. The highest BCUT2D eigenvalue weighted by molar-refractivity contribution is 6.38. The third kappa shape index (κ3) is 12.6. The van der Waals surface area contributed by atoms with E-state index in [2.05, 4.69) is 39.1 Å².